The maximum Gasteiger partial charge on any atom is 0.234 e. The smallest absolute Gasteiger partial charge is 0.234 e. The fraction of sp³-hybridized carbons (Fsp3) is 0.211. The van der Waals surface area contributed by atoms with Crippen molar-refractivity contribution in [1.29, 1.82) is 0 Å². The van der Waals surface area contributed by atoms with Gasteiger partial charge < -0.3 is 5.32 Å². The van der Waals surface area contributed by atoms with Gasteiger partial charge in [0.1, 0.15) is 5.82 Å². The summed E-state index contributed by atoms with van der Waals surface area (Å²) >= 11 is 4.78. The van der Waals surface area contributed by atoms with E-state index >= 15 is 0 Å². The highest BCUT2D eigenvalue weighted by molar-refractivity contribution is 9.10. The van der Waals surface area contributed by atoms with Gasteiger partial charge in [-0.2, -0.15) is 0 Å². The van der Waals surface area contributed by atoms with E-state index in [4.69, 9.17) is 0 Å². The highest BCUT2D eigenvalue weighted by Crippen LogP contribution is 2.25. The molecule has 0 radical (unpaired) electrons. The molecule has 0 unspecified atom stereocenters. The zero-order valence-corrected chi connectivity index (χ0v) is 16.9. The highest BCUT2D eigenvalue weighted by Gasteiger charge is 2.11. The number of anilines is 1. The maximum absolute atomic E-state index is 12.3. The molecule has 0 atom stereocenters. The number of hydrogen-bond donors (Lipinski definition) is 2. The minimum absolute atomic E-state index is 0.0714. The van der Waals surface area contributed by atoms with Crippen molar-refractivity contribution >= 4 is 39.3 Å². The number of aryl methyl sites for hydroxylation is 2. The van der Waals surface area contributed by atoms with Crippen LogP contribution in [0.1, 0.15) is 22.5 Å². The largest absolute Gasteiger partial charge is 0.325 e. The molecule has 2 N–H and O–H groups in total. The van der Waals surface area contributed by atoms with Crippen LogP contribution in [0.15, 0.2) is 52.1 Å². The van der Waals surface area contributed by atoms with E-state index in [1.807, 2.05) is 56.3 Å². The summed E-state index contributed by atoms with van der Waals surface area (Å²) in [7, 11) is 0. The Morgan fingerprint density at radius 3 is 2.58 bits per heavy atom. The number of amides is 1. The number of carbonyl (C=O) groups is 1. The Hall–Kier alpha value is -2.12. The van der Waals surface area contributed by atoms with Gasteiger partial charge in [0.2, 0.25) is 11.1 Å². The predicted molar refractivity (Wildman–Crippen MR) is 109 cm³/mol. The average molecular weight is 431 g/mol. The van der Waals surface area contributed by atoms with E-state index in [2.05, 4.69) is 36.4 Å². The summed E-state index contributed by atoms with van der Waals surface area (Å²) < 4.78 is 1.01. The number of nitrogens with zero attached hydrogens (tertiary/aromatic N) is 2. The molecule has 3 aromatic rings. The Bertz CT molecular complexity index is 888. The van der Waals surface area contributed by atoms with E-state index in [-0.39, 0.29) is 11.7 Å². The second-order valence-corrected chi connectivity index (χ2v) is 7.84. The summed E-state index contributed by atoms with van der Waals surface area (Å²) in [5.74, 6) is 0.981. The first-order valence-electron chi connectivity index (χ1n) is 8.16. The molecule has 0 bridgehead atoms. The van der Waals surface area contributed by atoms with Gasteiger partial charge in [-0.1, -0.05) is 58.0 Å². The summed E-state index contributed by atoms with van der Waals surface area (Å²) in [6, 6.07) is 14.0. The summed E-state index contributed by atoms with van der Waals surface area (Å²) in [5, 5.41) is 10.7. The van der Waals surface area contributed by atoms with Gasteiger partial charge in [0.15, 0.2) is 0 Å². The van der Waals surface area contributed by atoms with E-state index in [1.165, 1.54) is 17.3 Å². The number of halogens is 1. The van der Waals surface area contributed by atoms with Gasteiger partial charge in [-0.05, 0) is 42.7 Å². The number of nitrogens with one attached hydrogen (secondary N) is 2. The van der Waals surface area contributed by atoms with Crippen LogP contribution in [0.4, 0.5) is 5.69 Å². The molecule has 0 fully saturated rings. The normalized spacial score (nSPS) is 10.7. The van der Waals surface area contributed by atoms with Crippen molar-refractivity contribution in [2.45, 2.75) is 25.4 Å². The van der Waals surface area contributed by atoms with Crippen molar-refractivity contribution < 1.29 is 4.79 Å². The van der Waals surface area contributed by atoms with Crippen LogP contribution in [0, 0.1) is 13.8 Å². The molecule has 134 valence electrons. The van der Waals surface area contributed by atoms with Crippen molar-refractivity contribution in [2.24, 2.45) is 0 Å². The minimum atomic E-state index is -0.0714. The third kappa shape index (κ3) is 4.95. The Balaban J connectivity index is 1.55. The van der Waals surface area contributed by atoms with Crippen LogP contribution in [-0.2, 0) is 11.2 Å². The minimum Gasteiger partial charge on any atom is -0.325 e. The Morgan fingerprint density at radius 2 is 1.88 bits per heavy atom. The lowest BCUT2D eigenvalue weighted by Crippen LogP contribution is -2.16. The Morgan fingerprint density at radius 1 is 1.19 bits per heavy atom. The average Bonchev–Trinajstić information content (AvgIpc) is 3.04. The van der Waals surface area contributed by atoms with Crippen LogP contribution in [0.3, 0.4) is 0 Å². The molecule has 1 amide bonds. The SMILES string of the molecule is Cc1cc(Br)cc(C)c1NC(=O)CSc1n[nH]c(Cc2ccccc2)n1. The molecule has 0 saturated heterocycles. The van der Waals surface area contributed by atoms with Gasteiger partial charge in [-0.15, -0.1) is 5.10 Å². The van der Waals surface area contributed by atoms with Gasteiger partial charge in [0.05, 0.1) is 5.75 Å². The van der Waals surface area contributed by atoms with Gasteiger partial charge in [-0.3, -0.25) is 9.89 Å². The third-order valence-electron chi connectivity index (χ3n) is 3.82. The molecule has 1 heterocycles. The van der Waals surface area contributed by atoms with Crippen molar-refractivity contribution in [2.75, 3.05) is 11.1 Å². The van der Waals surface area contributed by atoms with E-state index in [0.717, 1.165) is 27.1 Å². The molecule has 0 saturated carbocycles. The number of aromatic amines is 1. The molecule has 5 nitrogen and oxygen atoms in total. The van der Waals surface area contributed by atoms with E-state index < -0.39 is 0 Å². The molecule has 0 aliphatic rings. The molecule has 0 spiro atoms. The Kier molecular flexibility index (Phi) is 6.11. The van der Waals surface area contributed by atoms with Gasteiger partial charge >= 0.3 is 0 Å². The van der Waals surface area contributed by atoms with Crippen LogP contribution >= 0.6 is 27.7 Å². The van der Waals surface area contributed by atoms with E-state index in [1.54, 1.807) is 0 Å². The first-order chi connectivity index (χ1) is 12.5. The molecule has 3 rings (SSSR count). The second kappa shape index (κ2) is 8.51. The molecule has 1 aromatic heterocycles. The fourth-order valence-electron chi connectivity index (χ4n) is 2.62. The zero-order chi connectivity index (χ0) is 18.5. The highest BCUT2D eigenvalue weighted by atomic mass is 79.9. The van der Waals surface area contributed by atoms with Gasteiger partial charge in [0, 0.05) is 16.6 Å². The first-order valence-corrected chi connectivity index (χ1v) is 9.93. The summed E-state index contributed by atoms with van der Waals surface area (Å²) in [4.78, 5) is 16.7. The molecule has 0 aliphatic heterocycles. The first kappa shape index (κ1) is 18.7. The predicted octanol–water partition coefficient (Wildman–Crippen LogP) is 4.51. The molecular formula is C19H19BrN4OS. The van der Waals surface area contributed by atoms with Crippen LogP contribution in [-0.4, -0.2) is 26.8 Å². The summed E-state index contributed by atoms with van der Waals surface area (Å²) in [6.45, 7) is 3.96. The van der Waals surface area contributed by atoms with Gasteiger partial charge in [-0.25, -0.2) is 4.98 Å². The number of thioether (sulfide) groups is 1. The number of rotatable bonds is 6. The van der Waals surface area contributed by atoms with Crippen LogP contribution in [0.5, 0.6) is 0 Å². The second-order valence-electron chi connectivity index (χ2n) is 5.98. The fourth-order valence-corrected chi connectivity index (χ4v) is 3.93. The molecule has 7 heteroatoms. The summed E-state index contributed by atoms with van der Waals surface area (Å²) in [6.07, 6.45) is 0.692. The molecule has 2 aromatic carbocycles. The van der Waals surface area contributed by atoms with Crippen LogP contribution in [0.25, 0.3) is 0 Å². The monoisotopic (exact) mass is 430 g/mol. The lowest BCUT2D eigenvalue weighted by molar-refractivity contribution is -0.113. The maximum atomic E-state index is 12.3. The van der Waals surface area contributed by atoms with Crippen LogP contribution in [0.2, 0.25) is 0 Å². The van der Waals surface area contributed by atoms with Crippen molar-refractivity contribution in [1.82, 2.24) is 15.2 Å². The molecular weight excluding hydrogens is 412 g/mol. The third-order valence-corrected chi connectivity index (χ3v) is 5.12. The number of hydrogen-bond acceptors (Lipinski definition) is 4. The lowest BCUT2D eigenvalue weighted by Gasteiger charge is -2.11. The number of aromatic nitrogens is 3. The zero-order valence-electron chi connectivity index (χ0n) is 14.5. The van der Waals surface area contributed by atoms with Gasteiger partial charge in [0.25, 0.3) is 0 Å². The standard InChI is InChI=1S/C19H19BrN4OS/c1-12-8-15(20)9-13(2)18(12)22-17(25)11-26-19-21-16(23-24-19)10-14-6-4-3-5-7-14/h3-9H,10-11H2,1-2H3,(H,22,25)(H,21,23,24). The van der Waals surface area contributed by atoms with Crippen LogP contribution < -0.4 is 5.32 Å². The quantitative estimate of drug-likeness (QED) is 0.564. The lowest BCUT2D eigenvalue weighted by atomic mass is 10.1. The Labute approximate surface area is 165 Å². The number of H-pyrrole nitrogens is 1. The van der Waals surface area contributed by atoms with Crippen molar-refractivity contribution in [3.8, 4) is 0 Å². The molecule has 26 heavy (non-hydrogen) atoms. The number of carbonyl (C=O) groups excluding carboxylic acids is 1. The molecule has 0 aliphatic carbocycles. The number of benzene rings is 2. The van der Waals surface area contributed by atoms with E-state index in [0.29, 0.717) is 11.6 Å². The van der Waals surface area contributed by atoms with E-state index in [9.17, 15) is 4.79 Å². The van der Waals surface area contributed by atoms with Crippen molar-refractivity contribution in [3.63, 3.8) is 0 Å². The topological polar surface area (TPSA) is 70.7 Å². The summed E-state index contributed by atoms with van der Waals surface area (Å²) in [5.41, 5.74) is 4.08. The van der Waals surface area contributed by atoms with Crippen molar-refractivity contribution in [3.05, 3.63) is 69.5 Å².